The Kier molecular flexibility index (Phi) is 12.5. The molecule has 0 aromatic heterocycles. The molecule has 0 aromatic rings. The minimum absolute atomic E-state index is 0.397. The van der Waals surface area contributed by atoms with Crippen molar-refractivity contribution in [1.29, 1.82) is 0 Å². The van der Waals surface area contributed by atoms with E-state index >= 15 is 0 Å². The van der Waals surface area contributed by atoms with E-state index < -0.39 is 11.9 Å². The lowest BCUT2D eigenvalue weighted by molar-refractivity contribution is -0.142. The van der Waals surface area contributed by atoms with Crippen LogP contribution in [0.15, 0.2) is 12.2 Å². The van der Waals surface area contributed by atoms with Crippen LogP contribution in [0.2, 0.25) is 0 Å². The molecule has 0 rings (SSSR count). The van der Waals surface area contributed by atoms with E-state index in [9.17, 15) is 9.59 Å². The van der Waals surface area contributed by atoms with Gasteiger partial charge < -0.3 is 9.47 Å². The molecule has 0 fully saturated rings. The molecule has 0 spiro atoms. The Balaban J connectivity index is 4.02. The third kappa shape index (κ3) is 10.4. The zero-order valence-electron chi connectivity index (χ0n) is 14.6. The van der Waals surface area contributed by atoms with Gasteiger partial charge in [-0.05, 0) is 24.7 Å². The Morgan fingerprint density at radius 3 is 1.41 bits per heavy atom. The summed E-state index contributed by atoms with van der Waals surface area (Å²) in [6.45, 7) is 9.22. The Morgan fingerprint density at radius 2 is 1.14 bits per heavy atom. The molecule has 128 valence electrons. The van der Waals surface area contributed by atoms with Crippen LogP contribution in [0.4, 0.5) is 0 Å². The van der Waals surface area contributed by atoms with Gasteiger partial charge in [-0.2, -0.15) is 0 Å². The monoisotopic (exact) mass is 312 g/mol. The van der Waals surface area contributed by atoms with E-state index in [1.165, 1.54) is 0 Å². The molecule has 0 radical (unpaired) electrons. The summed E-state index contributed by atoms with van der Waals surface area (Å²) < 4.78 is 10.3. The van der Waals surface area contributed by atoms with E-state index in [2.05, 4.69) is 27.7 Å². The van der Waals surface area contributed by atoms with Gasteiger partial charge in [-0.3, -0.25) is 0 Å². The quantitative estimate of drug-likeness (QED) is 0.398. The second-order valence-corrected chi connectivity index (χ2v) is 5.72. The van der Waals surface area contributed by atoms with E-state index in [0.717, 1.165) is 50.7 Å². The van der Waals surface area contributed by atoms with Gasteiger partial charge in [0.25, 0.3) is 0 Å². The Morgan fingerprint density at radius 1 is 0.773 bits per heavy atom. The number of rotatable bonds is 12. The average molecular weight is 312 g/mol. The summed E-state index contributed by atoms with van der Waals surface area (Å²) >= 11 is 0. The van der Waals surface area contributed by atoms with E-state index in [0.29, 0.717) is 25.0 Å². The van der Waals surface area contributed by atoms with Gasteiger partial charge in [-0.15, -0.1) is 0 Å². The van der Waals surface area contributed by atoms with Crippen molar-refractivity contribution < 1.29 is 19.1 Å². The van der Waals surface area contributed by atoms with Gasteiger partial charge in [0.15, 0.2) is 0 Å². The molecule has 22 heavy (non-hydrogen) atoms. The van der Waals surface area contributed by atoms with Crippen LogP contribution >= 0.6 is 0 Å². The van der Waals surface area contributed by atoms with Crippen molar-refractivity contribution >= 4 is 11.9 Å². The van der Waals surface area contributed by atoms with Crippen LogP contribution in [0, 0.1) is 11.8 Å². The number of esters is 2. The minimum Gasteiger partial charge on any atom is -0.462 e. The number of hydrogen-bond donors (Lipinski definition) is 0. The lowest BCUT2D eigenvalue weighted by Gasteiger charge is -2.13. The Bertz CT molecular complexity index is 304. The van der Waals surface area contributed by atoms with Crippen LogP contribution in [0.25, 0.3) is 0 Å². The van der Waals surface area contributed by atoms with Gasteiger partial charge in [0.05, 0.1) is 13.2 Å². The Hall–Kier alpha value is -1.32. The van der Waals surface area contributed by atoms with Gasteiger partial charge in [-0.1, -0.05) is 53.4 Å². The largest absolute Gasteiger partial charge is 0.462 e. The topological polar surface area (TPSA) is 52.6 Å². The zero-order chi connectivity index (χ0) is 16.8. The first-order valence-corrected chi connectivity index (χ1v) is 8.58. The maximum absolute atomic E-state index is 11.6. The molecule has 0 aliphatic carbocycles. The highest BCUT2D eigenvalue weighted by atomic mass is 16.5. The van der Waals surface area contributed by atoms with Gasteiger partial charge in [0.2, 0.25) is 0 Å². The van der Waals surface area contributed by atoms with Crippen molar-refractivity contribution in [2.24, 2.45) is 11.8 Å². The Labute approximate surface area is 135 Å². The highest BCUT2D eigenvalue weighted by Crippen LogP contribution is 2.12. The third-order valence-corrected chi connectivity index (χ3v) is 3.83. The van der Waals surface area contributed by atoms with Crippen molar-refractivity contribution in [2.45, 2.75) is 66.2 Å². The molecule has 0 aromatic carbocycles. The zero-order valence-corrected chi connectivity index (χ0v) is 14.6. The number of carbonyl (C=O) groups is 2. The van der Waals surface area contributed by atoms with Crippen LogP contribution in [0.1, 0.15) is 66.2 Å². The molecule has 0 aliphatic rings. The molecule has 2 atom stereocenters. The third-order valence-electron chi connectivity index (χ3n) is 3.83. The van der Waals surface area contributed by atoms with Crippen LogP contribution in [0.3, 0.4) is 0 Å². The molecule has 0 N–H and O–H groups in total. The summed E-state index contributed by atoms with van der Waals surface area (Å²) in [6, 6.07) is 0. The maximum Gasteiger partial charge on any atom is 0.331 e. The summed E-state index contributed by atoms with van der Waals surface area (Å²) in [5.41, 5.74) is 0. The first-order chi connectivity index (χ1) is 10.6. The molecule has 0 saturated heterocycles. The lowest BCUT2D eigenvalue weighted by Crippen LogP contribution is -2.14. The summed E-state index contributed by atoms with van der Waals surface area (Å²) in [4.78, 5) is 23.1. The lowest BCUT2D eigenvalue weighted by atomic mass is 10.0. The van der Waals surface area contributed by atoms with E-state index in [-0.39, 0.29) is 0 Å². The van der Waals surface area contributed by atoms with Crippen LogP contribution < -0.4 is 0 Å². The SMILES string of the molecule is CCCC(CC)COC(=O)/C=C\C(=O)OCC(CC)CCC. The van der Waals surface area contributed by atoms with Crippen LogP contribution in [0.5, 0.6) is 0 Å². The molecule has 0 saturated carbocycles. The molecule has 0 amide bonds. The summed E-state index contributed by atoms with van der Waals surface area (Å²) in [5, 5.41) is 0. The minimum atomic E-state index is -0.480. The molecule has 2 unspecified atom stereocenters. The standard InChI is InChI=1S/C18H32O4/c1-5-9-15(7-3)13-21-17(19)11-12-18(20)22-14-16(8-4)10-6-2/h11-12,15-16H,5-10,13-14H2,1-4H3/b12-11-. The molecular weight excluding hydrogens is 280 g/mol. The summed E-state index contributed by atoms with van der Waals surface area (Å²) in [6.07, 6.45) is 8.54. The molecular formula is C18H32O4. The average Bonchev–Trinajstić information content (AvgIpc) is 2.53. The van der Waals surface area contributed by atoms with E-state index in [4.69, 9.17) is 9.47 Å². The molecule has 0 aliphatic heterocycles. The molecule has 0 heterocycles. The smallest absolute Gasteiger partial charge is 0.331 e. The van der Waals surface area contributed by atoms with Gasteiger partial charge >= 0.3 is 11.9 Å². The fourth-order valence-corrected chi connectivity index (χ4v) is 2.26. The van der Waals surface area contributed by atoms with E-state index in [1.807, 2.05) is 0 Å². The maximum atomic E-state index is 11.6. The van der Waals surface area contributed by atoms with Crippen molar-refractivity contribution in [3.8, 4) is 0 Å². The normalized spacial score (nSPS) is 13.8. The number of hydrogen-bond acceptors (Lipinski definition) is 4. The van der Waals surface area contributed by atoms with E-state index in [1.54, 1.807) is 0 Å². The van der Waals surface area contributed by atoms with Gasteiger partial charge in [-0.25, -0.2) is 9.59 Å². The number of carbonyl (C=O) groups excluding carboxylic acids is 2. The van der Waals surface area contributed by atoms with Crippen LogP contribution in [-0.2, 0) is 19.1 Å². The van der Waals surface area contributed by atoms with Crippen molar-refractivity contribution in [2.75, 3.05) is 13.2 Å². The fourth-order valence-electron chi connectivity index (χ4n) is 2.26. The van der Waals surface area contributed by atoms with Crippen LogP contribution in [-0.4, -0.2) is 25.2 Å². The number of ether oxygens (including phenoxy) is 2. The fraction of sp³-hybridized carbons (Fsp3) is 0.778. The first kappa shape index (κ1) is 20.7. The first-order valence-electron chi connectivity index (χ1n) is 8.58. The highest BCUT2D eigenvalue weighted by molar-refractivity contribution is 5.91. The highest BCUT2D eigenvalue weighted by Gasteiger charge is 2.10. The van der Waals surface area contributed by atoms with Crippen molar-refractivity contribution in [3.05, 3.63) is 12.2 Å². The molecule has 0 bridgehead atoms. The second-order valence-electron chi connectivity index (χ2n) is 5.72. The van der Waals surface area contributed by atoms with Crippen molar-refractivity contribution in [1.82, 2.24) is 0 Å². The molecule has 4 heteroatoms. The molecule has 4 nitrogen and oxygen atoms in total. The summed E-state index contributed by atoms with van der Waals surface area (Å²) in [7, 11) is 0. The summed E-state index contributed by atoms with van der Waals surface area (Å²) in [5.74, 6) is -0.165. The predicted octanol–water partition coefficient (Wildman–Crippen LogP) is 4.28. The van der Waals surface area contributed by atoms with Crippen molar-refractivity contribution in [3.63, 3.8) is 0 Å². The van der Waals surface area contributed by atoms with Gasteiger partial charge in [0, 0.05) is 12.2 Å². The predicted molar refractivity (Wildman–Crippen MR) is 88.4 cm³/mol. The van der Waals surface area contributed by atoms with Gasteiger partial charge in [0.1, 0.15) is 0 Å². The second kappa shape index (κ2) is 13.4.